The zero-order chi connectivity index (χ0) is 7.49. The summed E-state index contributed by atoms with van der Waals surface area (Å²) in [6.07, 6.45) is 0. The SMILES string of the molecule is C[C@](N)(N=[N+]=[N-])C(=O)O. The van der Waals surface area contributed by atoms with E-state index >= 15 is 0 Å². The van der Waals surface area contributed by atoms with Crippen LogP contribution in [-0.4, -0.2) is 16.7 Å². The minimum Gasteiger partial charge on any atom is -0.480 e. The molecule has 6 nitrogen and oxygen atoms in total. The molecule has 0 saturated carbocycles. The Morgan fingerprint density at radius 2 is 2.44 bits per heavy atom. The number of rotatable bonds is 2. The van der Waals surface area contributed by atoms with Gasteiger partial charge in [-0.25, -0.2) is 0 Å². The summed E-state index contributed by atoms with van der Waals surface area (Å²) >= 11 is 0. The van der Waals surface area contributed by atoms with Gasteiger partial charge in [0.1, 0.15) is 0 Å². The van der Waals surface area contributed by atoms with Crippen LogP contribution in [0.2, 0.25) is 0 Å². The summed E-state index contributed by atoms with van der Waals surface area (Å²) < 4.78 is 0. The lowest BCUT2D eigenvalue weighted by atomic mass is 10.2. The first-order valence-electron chi connectivity index (χ1n) is 2.09. The van der Waals surface area contributed by atoms with E-state index in [1.165, 1.54) is 0 Å². The van der Waals surface area contributed by atoms with Crippen LogP contribution in [0.5, 0.6) is 0 Å². The van der Waals surface area contributed by atoms with E-state index in [1.807, 2.05) is 0 Å². The van der Waals surface area contributed by atoms with Gasteiger partial charge >= 0.3 is 5.97 Å². The third-order valence-corrected chi connectivity index (χ3v) is 0.685. The van der Waals surface area contributed by atoms with Crippen molar-refractivity contribution in [1.29, 1.82) is 0 Å². The molecule has 0 rings (SSSR count). The average molecular weight is 130 g/mol. The van der Waals surface area contributed by atoms with E-state index in [0.717, 1.165) is 6.92 Å². The summed E-state index contributed by atoms with van der Waals surface area (Å²) in [5, 5.41) is 11.0. The summed E-state index contributed by atoms with van der Waals surface area (Å²) in [4.78, 5) is 12.3. The Balaban J connectivity index is 4.37. The van der Waals surface area contributed by atoms with Gasteiger partial charge in [-0.1, -0.05) is 5.11 Å². The molecule has 0 aliphatic carbocycles. The number of nitrogens with zero attached hydrogens (tertiary/aromatic N) is 3. The van der Waals surface area contributed by atoms with Crippen LogP contribution in [0.3, 0.4) is 0 Å². The Morgan fingerprint density at radius 3 is 2.56 bits per heavy atom. The van der Waals surface area contributed by atoms with Crippen molar-refractivity contribution in [2.75, 3.05) is 0 Å². The summed E-state index contributed by atoms with van der Waals surface area (Å²) in [5.74, 6) is -1.35. The zero-order valence-electron chi connectivity index (χ0n) is 4.77. The molecule has 0 radical (unpaired) electrons. The predicted octanol–water partition coefficient (Wildman–Crippen LogP) is 0.0562. The van der Waals surface area contributed by atoms with Crippen molar-refractivity contribution in [3.8, 4) is 0 Å². The van der Waals surface area contributed by atoms with E-state index in [2.05, 4.69) is 10.0 Å². The molecule has 0 heterocycles. The molecule has 0 saturated heterocycles. The Bertz CT molecular complexity index is 165. The van der Waals surface area contributed by atoms with Crippen LogP contribution in [0.1, 0.15) is 6.92 Å². The molecule has 0 aromatic heterocycles. The minimum absolute atomic E-state index is 1.11. The van der Waals surface area contributed by atoms with Gasteiger partial charge in [0.25, 0.3) is 0 Å². The Morgan fingerprint density at radius 1 is 2.00 bits per heavy atom. The van der Waals surface area contributed by atoms with E-state index in [4.69, 9.17) is 16.4 Å². The molecule has 0 bridgehead atoms. The molecule has 0 spiro atoms. The highest BCUT2D eigenvalue weighted by atomic mass is 16.4. The van der Waals surface area contributed by atoms with E-state index < -0.39 is 11.6 Å². The van der Waals surface area contributed by atoms with E-state index in [9.17, 15) is 4.79 Å². The van der Waals surface area contributed by atoms with E-state index in [1.54, 1.807) is 0 Å². The number of hydrogen-bond donors (Lipinski definition) is 2. The molecular weight excluding hydrogens is 124 g/mol. The average Bonchev–Trinajstić information content (AvgIpc) is 1.65. The van der Waals surface area contributed by atoms with Gasteiger partial charge in [0, 0.05) is 4.91 Å². The fraction of sp³-hybridized carbons (Fsp3) is 0.667. The van der Waals surface area contributed by atoms with Crippen molar-refractivity contribution in [2.24, 2.45) is 10.8 Å². The Labute approximate surface area is 50.9 Å². The normalized spacial score (nSPS) is 15.3. The van der Waals surface area contributed by atoms with E-state index in [-0.39, 0.29) is 0 Å². The van der Waals surface area contributed by atoms with Crippen molar-refractivity contribution >= 4 is 5.97 Å². The van der Waals surface area contributed by atoms with Crippen molar-refractivity contribution in [3.05, 3.63) is 10.4 Å². The van der Waals surface area contributed by atoms with Gasteiger partial charge in [0.2, 0.25) is 0 Å². The molecule has 0 aromatic carbocycles. The lowest BCUT2D eigenvalue weighted by Crippen LogP contribution is -2.42. The van der Waals surface area contributed by atoms with Crippen molar-refractivity contribution < 1.29 is 9.90 Å². The molecule has 3 N–H and O–H groups in total. The number of hydrogen-bond acceptors (Lipinski definition) is 3. The van der Waals surface area contributed by atoms with Crippen molar-refractivity contribution in [3.63, 3.8) is 0 Å². The van der Waals surface area contributed by atoms with Crippen molar-refractivity contribution in [1.82, 2.24) is 0 Å². The maximum Gasteiger partial charge on any atom is 0.329 e. The highest BCUT2D eigenvalue weighted by molar-refractivity contribution is 5.77. The number of azide groups is 1. The highest BCUT2D eigenvalue weighted by Crippen LogP contribution is 1.99. The molecule has 0 unspecified atom stereocenters. The molecule has 50 valence electrons. The standard InChI is InChI=1S/C3H6N4O2/c1-3(4,2(8)9)6-7-5/h4H2,1H3,(H,8,9)/t3-/m0/s1. The summed E-state index contributed by atoms with van der Waals surface area (Å²) in [6, 6.07) is 0. The van der Waals surface area contributed by atoms with Crippen LogP contribution in [0, 0.1) is 0 Å². The molecular formula is C3H6N4O2. The Hall–Kier alpha value is -1.26. The molecule has 9 heavy (non-hydrogen) atoms. The molecule has 6 heteroatoms. The largest absolute Gasteiger partial charge is 0.480 e. The lowest BCUT2D eigenvalue weighted by Gasteiger charge is -2.09. The first-order valence-corrected chi connectivity index (χ1v) is 2.09. The van der Waals surface area contributed by atoms with E-state index in [0.29, 0.717) is 0 Å². The highest BCUT2D eigenvalue weighted by Gasteiger charge is 2.25. The smallest absolute Gasteiger partial charge is 0.329 e. The minimum atomic E-state index is -1.82. The second kappa shape index (κ2) is 2.34. The van der Waals surface area contributed by atoms with Crippen molar-refractivity contribution in [2.45, 2.75) is 12.6 Å². The zero-order valence-corrected chi connectivity index (χ0v) is 4.77. The van der Waals surface area contributed by atoms with Crippen LogP contribution in [0.25, 0.3) is 10.4 Å². The maximum absolute atomic E-state index is 10.0. The molecule has 0 aromatic rings. The lowest BCUT2D eigenvalue weighted by molar-refractivity contribution is -0.142. The third kappa shape index (κ3) is 1.98. The summed E-state index contributed by atoms with van der Waals surface area (Å²) in [5.41, 5.74) is 10.9. The van der Waals surface area contributed by atoms with Crippen LogP contribution in [0.4, 0.5) is 0 Å². The van der Waals surface area contributed by atoms with Crippen LogP contribution in [-0.2, 0) is 4.79 Å². The van der Waals surface area contributed by atoms with Gasteiger partial charge in [-0.2, -0.15) is 0 Å². The first kappa shape index (κ1) is 7.74. The first-order chi connectivity index (χ1) is 4.00. The maximum atomic E-state index is 10.0. The molecule has 0 fully saturated rings. The Kier molecular flexibility index (Phi) is 2.01. The molecule has 0 aliphatic rings. The number of carboxylic acids is 1. The molecule has 0 aliphatic heterocycles. The van der Waals surface area contributed by atoms with Gasteiger partial charge < -0.3 is 10.8 Å². The summed E-state index contributed by atoms with van der Waals surface area (Å²) in [7, 11) is 0. The number of aliphatic carboxylic acids is 1. The quantitative estimate of drug-likeness (QED) is 0.313. The van der Waals surface area contributed by atoms with Gasteiger partial charge in [-0.15, -0.1) is 0 Å². The summed E-state index contributed by atoms with van der Waals surface area (Å²) in [6.45, 7) is 1.11. The molecule has 0 amide bonds. The fourth-order valence-corrected chi connectivity index (χ4v) is 0.136. The van der Waals surface area contributed by atoms with Gasteiger partial charge in [-0.05, 0) is 12.5 Å². The van der Waals surface area contributed by atoms with Crippen LogP contribution in [0.15, 0.2) is 5.11 Å². The number of carboxylic acid groups (broad SMARTS) is 1. The monoisotopic (exact) mass is 130 g/mol. The van der Waals surface area contributed by atoms with Gasteiger partial charge in [-0.3, -0.25) is 4.79 Å². The predicted molar refractivity (Wildman–Crippen MR) is 29.4 cm³/mol. The molecule has 1 atom stereocenters. The number of nitrogens with two attached hydrogens (primary N) is 1. The van der Waals surface area contributed by atoms with Crippen LogP contribution < -0.4 is 5.73 Å². The fourth-order valence-electron chi connectivity index (χ4n) is 0.136. The second-order valence-corrected chi connectivity index (χ2v) is 1.64. The topological polar surface area (TPSA) is 112 Å². The third-order valence-electron chi connectivity index (χ3n) is 0.685. The second-order valence-electron chi connectivity index (χ2n) is 1.64. The number of carbonyl (C=O) groups is 1. The van der Waals surface area contributed by atoms with Gasteiger partial charge in [0.15, 0.2) is 5.66 Å². The van der Waals surface area contributed by atoms with Gasteiger partial charge in [0.05, 0.1) is 0 Å². The van der Waals surface area contributed by atoms with Crippen LogP contribution >= 0.6 is 0 Å².